The molecule has 1 N–H and O–H groups in total. The zero-order valence-corrected chi connectivity index (χ0v) is 25.1. The van der Waals surface area contributed by atoms with Crippen molar-refractivity contribution < 1.29 is 26.8 Å². The third-order valence-electron chi connectivity index (χ3n) is 6.50. The van der Waals surface area contributed by atoms with Crippen LogP contribution in [-0.4, -0.2) is 50.0 Å². The number of hydrogen-bond donors (Lipinski definition) is 1. The Bertz CT molecular complexity index is 1490. The summed E-state index contributed by atoms with van der Waals surface area (Å²) < 4.78 is 53.8. The second kappa shape index (κ2) is 14.1. The number of hydrogen-bond acceptors (Lipinski definition) is 4. The van der Waals surface area contributed by atoms with Gasteiger partial charge in [0.2, 0.25) is 21.8 Å². The van der Waals surface area contributed by atoms with Crippen molar-refractivity contribution in [3.8, 4) is 0 Å². The zero-order valence-electron chi connectivity index (χ0n) is 22.8. The quantitative estimate of drug-likeness (QED) is 0.284. The molecular formula is C29H31Cl2F2N3O4S. The number of rotatable bonds is 12. The van der Waals surface area contributed by atoms with Crippen molar-refractivity contribution in [1.82, 2.24) is 10.2 Å². The van der Waals surface area contributed by atoms with Gasteiger partial charge in [-0.3, -0.25) is 13.9 Å². The summed E-state index contributed by atoms with van der Waals surface area (Å²) in [6.45, 7) is 2.79. The Kier molecular flexibility index (Phi) is 11.1. The van der Waals surface area contributed by atoms with Gasteiger partial charge < -0.3 is 10.2 Å². The molecule has 0 saturated heterocycles. The summed E-state index contributed by atoms with van der Waals surface area (Å²) in [5, 5.41) is 3.53. The van der Waals surface area contributed by atoms with Gasteiger partial charge in [0.05, 0.1) is 11.9 Å². The summed E-state index contributed by atoms with van der Waals surface area (Å²) in [4.78, 5) is 28.9. The minimum Gasteiger partial charge on any atom is -0.352 e. The van der Waals surface area contributed by atoms with Crippen molar-refractivity contribution in [2.75, 3.05) is 17.1 Å². The number of halogens is 4. The molecule has 220 valence electrons. The molecule has 0 unspecified atom stereocenters. The summed E-state index contributed by atoms with van der Waals surface area (Å²) in [7, 11) is -4.14. The molecule has 2 amide bonds. The third kappa shape index (κ3) is 8.89. The zero-order chi connectivity index (χ0) is 30.3. The number of benzene rings is 3. The van der Waals surface area contributed by atoms with Crippen molar-refractivity contribution in [3.63, 3.8) is 0 Å². The first kappa shape index (κ1) is 32.3. The Labute approximate surface area is 249 Å². The van der Waals surface area contributed by atoms with Crippen LogP contribution in [0, 0.1) is 11.6 Å². The van der Waals surface area contributed by atoms with E-state index in [0.717, 1.165) is 24.0 Å². The average Bonchev–Trinajstić information content (AvgIpc) is 2.91. The van der Waals surface area contributed by atoms with Crippen molar-refractivity contribution >= 4 is 50.7 Å². The van der Waals surface area contributed by atoms with E-state index in [2.05, 4.69) is 5.32 Å². The van der Waals surface area contributed by atoms with E-state index >= 15 is 0 Å². The van der Waals surface area contributed by atoms with Crippen molar-refractivity contribution in [2.45, 2.75) is 45.3 Å². The van der Waals surface area contributed by atoms with Crippen LogP contribution in [0.1, 0.15) is 31.4 Å². The number of nitrogens with one attached hydrogen (secondary N) is 1. The lowest BCUT2D eigenvalue weighted by Crippen LogP contribution is -2.54. The van der Waals surface area contributed by atoms with Gasteiger partial charge in [-0.25, -0.2) is 17.2 Å². The minimum absolute atomic E-state index is 0.115. The molecule has 0 aliphatic rings. The molecule has 0 spiro atoms. The summed E-state index contributed by atoms with van der Waals surface area (Å²) in [5.74, 6) is -3.65. The van der Waals surface area contributed by atoms with E-state index in [9.17, 15) is 26.8 Å². The first-order valence-electron chi connectivity index (χ1n) is 12.8. The van der Waals surface area contributed by atoms with E-state index in [1.165, 1.54) is 11.0 Å². The second-order valence-corrected chi connectivity index (χ2v) is 12.4. The highest BCUT2D eigenvalue weighted by molar-refractivity contribution is 7.92. The van der Waals surface area contributed by atoms with Crippen LogP contribution in [0.2, 0.25) is 10.0 Å². The fourth-order valence-corrected chi connectivity index (χ4v) is 5.39. The van der Waals surface area contributed by atoms with E-state index in [-0.39, 0.29) is 29.7 Å². The molecule has 0 aromatic heterocycles. The van der Waals surface area contributed by atoms with Crippen molar-refractivity contribution in [1.29, 1.82) is 0 Å². The number of nitrogens with zero attached hydrogens (tertiary/aromatic N) is 2. The molecule has 3 rings (SSSR count). The van der Waals surface area contributed by atoms with Gasteiger partial charge in [-0.1, -0.05) is 66.5 Å². The van der Waals surface area contributed by atoms with E-state index in [4.69, 9.17) is 23.2 Å². The highest BCUT2D eigenvalue weighted by Crippen LogP contribution is 2.26. The maximum Gasteiger partial charge on any atom is 0.244 e. The number of carbonyl (C=O) groups excluding carboxylic acids is 2. The largest absolute Gasteiger partial charge is 0.352 e. The Hall–Kier alpha value is -3.21. The van der Waals surface area contributed by atoms with Crippen LogP contribution in [0.3, 0.4) is 0 Å². The van der Waals surface area contributed by atoms with Gasteiger partial charge in [0.1, 0.15) is 12.6 Å². The van der Waals surface area contributed by atoms with Gasteiger partial charge in [0.15, 0.2) is 11.6 Å². The monoisotopic (exact) mass is 625 g/mol. The van der Waals surface area contributed by atoms with Gasteiger partial charge in [0.25, 0.3) is 0 Å². The molecule has 0 bridgehead atoms. The van der Waals surface area contributed by atoms with Crippen LogP contribution in [0.5, 0.6) is 0 Å². The molecule has 3 aromatic carbocycles. The predicted octanol–water partition coefficient (Wildman–Crippen LogP) is 5.59. The van der Waals surface area contributed by atoms with Gasteiger partial charge in [-0.05, 0) is 48.7 Å². The number of sulfonamides is 1. The molecule has 41 heavy (non-hydrogen) atoms. The molecule has 12 heteroatoms. The van der Waals surface area contributed by atoms with Crippen LogP contribution >= 0.6 is 23.2 Å². The van der Waals surface area contributed by atoms with Crippen LogP contribution in [0.4, 0.5) is 14.5 Å². The van der Waals surface area contributed by atoms with E-state index in [1.54, 1.807) is 24.3 Å². The van der Waals surface area contributed by atoms with Gasteiger partial charge in [-0.15, -0.1) is 0 Å². The van der Waals surface area contributed by atoms with E-state index < -0.39 is 46.1 Å². The maximum absolute atomic E-state index is 14.0. The topological polar surface area (TPSA) is 86.8 Å². The molecule has 0 aliphatic carbocycles. The molecule has 3 aromatic rings. The molecule has 0 saturated carbocycles. The Balaban J connectivity index is 2.10. The van der Waals surface area contributed by atoms with E-state index in [1.807, 2.05) is 32.0 Å². The highest BCUT2D eigenvalue weighted by atomic mass is 35.5. The van der Waals surface area contributed by atoms with Crippen LogP contribution in [-0.2, 0) is 32.6 Å². The Morgan fingerprint density at radius 3 is 2.24 bits per heavy atom. The first-order valence-corrected chi connectivity index (χ1v) is 15.4. The lowest BCUT2D eigenvalue weighted by molar-refractivity contribution is -0.140. The summed E-state index contributed by atoms with van der Waals surface area (Å²) >= 11 is 12.5. The third-order valence-corrected chi connectivity index (χ3v) is 8.23. The lowest BCUT2D eigenvalue weighted by Gasteiger charge is -2.34. The minimum atomic E-state index is -4.14. The standard InChI is InChI=1S/C29H31Cl2F2N3O4S/c1-4-19(2)34-29(38)27(14-20-8-6-5-7-9-20)35(17-21-10-11-22(30)15-24(21)31)28(37)18-36(41(3,39)40)23-12-13-25(32)26(33)16-23/h5-13,15-16,19,27H,4,14,17-18H2,1-3H3,(H,34,38)/t19-,27+/m0/s1. The Morgan fingerprint density at radius 1 is 0.976 bits per heavy atom. The summed E-state index contributed by atoms with van der Waals surface area (Å²) in [5.41, 5.74) is 0.989. The van der Waals surface area contributed by atoms with Crippen LogP contribution in [0.25, 0.3) is 0 Å². The van der Waals surface area contributed by atoms with Crippen LogP contribution in [0.15, 0.2) is 66.7 Å². The van der Waals surface area contributed by atoms with Crippen molar-refractivity contribution in [3.05, 3.63) is 99.5 Å². The lowest BCUT2D eigenvalue weighted by atomic mass is 10.0. The second-order valence-electron chi connectivity index (χ2n) is 9.65. The highest BCUT2D eigenvalue weighted by Gasteiger charge is 2.34. The van der Waals surface area contributed by atoms with Gasteiger partial charge >= 0.3 is 0 Å². The molecule has 0 heterocycles. The van der Waals surface area contributed by atoms with Crippen molar-refractivity contribution in [2.24, 2.45) is 0 Å². The molecule has 2 atom stereocenters. The molecule has 7 nitrogen and oxygen atoms in total. The first-order chi connectivity index (χ1) is 19.3. The Morgan fingerprint density at radius 2 is 1.66 bits per heavy atom. The number of anilines is 1. The maximum atomic E-state index is 14.0. The predicted molar refractivity (Wildman–Crippen MR) is 157 cm³/mol. The molecule has 0 aliphatic heterocycles. The van der Waals surface area contributed by atoms with Gasteiger partial charge in [-0.2, -0.15) is 0 Å². The number of amides is 2. The van der Waals surface area contributed by atoms with E-state index in [0.29, 0.717) is 27.4 Å². The fraction of sp³-hybridized carbons (Fsp3) is 0.310. The number of carbonyl (C=O) groups is 2. The summed E-state index contributed by atoms with van der Waals surface area (Å²) in [6.07, 6.45) is 1.60. The summed E-state index contributed by atoms with van der Waals surface area (Å²) in [6, 6.07) is 15.0. The SMILES string of the molecule is CC[C@H](C)NC(=O)[C@@H](Cc1ccccc1)N(Cc1ccc(Cl)cc1Cl)C(=O)CN(c1ccc(F)c(F)c1)S(C)(=O)=O. The normalized spacial score (nSPS) is 12.9. The fourth-order valence-electron chi connectivity index (χ4n) is 4.08. The van der Waals surface area contributed by atoms with Gasteiger partial charge in [0, 0.05) is 35.1 Å². The smallest absolute Gasteiger partial charge is 0.244 e. The molecule has 0 fully saturated rings. The molecular weight excluding hydrogens is 595 g/mol. The average molecular weight is 627 g/mol. The molecule has 0 radical (unpaired) electrons. The van der Waals surface area contributed by atoms with Crippen LogP contribution < -0.4 is 9.62 Å².